The highest BCUT2D eigenvalue weighted by atomic mass is 79.9. The lowest BCUT2D eigenvalue weighted by molar-refractivity contribution is 1.23. The van der Waals surface area contributed by atoms with Gasteiger partial charge in [-0.2, -0.15) is 0 Å². The molecule has 0 saturated carbocycles. The Morgan fingerprint density at radius 2 is 0.743 bits per heavy atom. The van der Waals surface area contributed by atoms with Gasteiger partial charge in [0.1, 0.15) is 18.4 Å². The van der Waals surface area contributed by atoms with Gasteiger partial charge in [-0.3, -0.25) is 0 Å². The highest BCUT2D eigenvalue weighted by Crippen LogP contribution is 2.37. The summed E-state index contributed by atoms with van der Waals surface area (Å²) in [6.45, 7) is 0. The van der Waals surface area contributed by atoms with Gasteiger partial charge in [0.2, 0.25) is 0 Å². The first kappa shape index (κ1) is 24.4. The van der Waals surface area contributed by atoms with Crippen LogP contribution >= 0.6 is 63.7 Å². The molecule has 7 heteroatoms. The van der Waals surface area contributed by atoms with E-state index >= 15 is 0 Å². The Morgan fingerprint density at radius 3 is 1.11 bits per heavy atom. The number of pyridine rings is 2. The zero-order chi connectivity index (χ0) is 24.4. The van der Waals surface area contributed by atoms with Crippen LogP contribution in [-0.2, 0) is 0 Å². The minimum Gasteiger partial charge on any atom is -0.311 e. The molecule has 35 heavy (non-hydrogen) atoms. The number of benzene rings is 3. The lowest BCUT2D eigenvalue weighted by Crippen LogP contribution is -2.09. The maximum absolute atomic E-state index is 4.34. The number of anilines is 3. The molecule has 5 aromatic rings. The zero-order valence-electron chi connectivity index (χ0n) is 18.2. The van der Waals surface area contributed by atoms with E-state index in [1.807, 2.05) is 30.3 Å². The summed E-state index contributed by atoms with van der Waals surface area (Å²) in [5.74, 6) is 0. The monoisotopic (exact) mass is 711 g/mol. The van der Waals surface area contributed by atoms with E-state index in [1.165, 1.54) is 0 Å². The molecule has 0 saturated heterocycles. The van der Waals surface area contributed by atoms with Crippen LogP contribution in [0.15, 0.2) is 122 Å². The molecular formula is C28H17Br4N3. The number of rotatable bonds is 5. The Hall–Kier alpha value is -2.32. The van der Waals surface area contributed by atoms with Crippen molar-refractivity contribution in [1.82, 2.24) is 9.97 Å². The summed E-state index contributed by atoms with van der Waals surface area (Å²) in [4.78, 5) is 10.9. The summed E-state index contributed by atoms with van der Waals surface area (Å²) in [6, 6.07) is 35.6. The van der Waals surface area contributed by atoms with Crippen molar-refractivity contribution < 1.29 is 0 Å². The number of hydrogen-bond acceptors (Lipinski definition) is 3. The largest absolute Gasteiger partial charge is 0.311 e. The molecular weight excluding hydrogens is 698 g/mol. The van der Waals surface area contributed by atoms with Crippen molar-refractivity contribution in [3.05, 3.63) is 122 Å². The van der Waals surface area contributed by atoms with Crippen LogP contribution in [-0.4, -0.2) is 9.97 Å². The number of para-hydroxylation sites is 1. The van der Waals surface area contributed by atoms with Crippen LogP contribution in [0.1, 0.15) is 0 Å². The predicted molar refractivity (Wildman–Crippen MR) is 158 cm³/mol. The second kappa shape index (κ2) is 10.7. The SMILES string of the molecule is Brc1cc(-c2ccc(N(c3ccccc3)c3ccc(-c4cc(Br)nc(Br)c4)cc3)cc2)cc(Br)n1. The number of nitrogens with zero attached hydrogens (tertiary/aromatic N) is 3. The first-order valence-corrected chi connectivity index (χ1v) is 13.9. The summed E-state index contributed by atoms with van der Waals surface area (Å²) in [6.07, 6.45) is 0. The quantitative estimate of drug-likeness (QED) is 0.170. The van der Waals surface area contributed by atoms with E-state index in [4.69, 9.17) is 0 Å². The number of hydrogen-bond donors (Lipinski definition) is 0. The summed E-state index contributed by atoms with van der Waals surface area (Å²) >= 11 is 13.9. The number of halogens is 4. The fourth-order valence-electron chi connectivity index (χ4n) is 3.89. The minimum absolute atomic E-state index is 0.796. The van der Waals surface area contributed by atoms with Crippen LogP contribution in [0.3, 0.4) is 0 Å². The molecule has 0 fully saturated rings. The van der Waals surface area contributed by atoms with E-state index in [9.17, 15) is 0 Å². The number of aromatic nitrogens is 2. The molecule has 2 heterocycles. The van der Waals surface area contributed by atoms with Crippen LogP contribution in [0.25, 0.3) is 22.3 Å². The first-order chi connectivity index (χ1) is 17.0. The molecule has 0 amide bonds. The van der Waals surface area contributed by atoms with Gasteiger partial charge in [0.25, 0.3) is 0 Å². The van der Waals surface area contributed by atoms with Crippen molar-refractivity contribution in [2.24, 2.45) is 0 Å². The fourth-order valence-corrected chi connectivity index (χ4v) is 6.12. The molecule has 3 nitrogen and oxygen atoms in total. The van der Waals surface area contributed by atoms with Gasteiger partial charge in [-0.05, 0) is 147 Å². The normalized spacial score (nSPS) is 10.9. The maximum Gasteiger partial charge on any atom is 0.108 e. The van der Waals surface area contributed by atoms with Crippen molar-refractivity contribution >= 4 is 80.8 Å². The van der Waals surface area contributed by atoms with Gasteiger partial charge in [0.15, 0.2) is 0 Å². The highest BCUT2D eigenvalue weighted by Gasteiger charge is 2.13. The third-order valence-corrected chi connectivity index (χ3v) is 7.08. The lowest BCUT2D eigenvalue weighted by Gasteiger charge is -2.26. The Morgan fingerprint density at radius 1 is 0.400 bits per heavy atom. The standard InChI is InChI=1S/C28H17Br4N3/c29-25-14-20(15-26(30)33-25)18-6-10-23(11-7-18)35(22-4-2-1-3-5-22)24-12-8-19(9-13-24)21-16-27(31)34-28(32)17-21/h1-17H. The molecule has 0 radical (unpaired) electrons. The van der Waals surface area contributed by atoms with Crippen LogP contribution < -0.4 is 4.90 Å². The maximum atomic E-state index is 4.34. The van der Waals surface area contributed by atoms with E-state index in [0.29, 0.717) is 0 Å². The van der Waals surface area contributed by atoms with Gasteiger partial charge in [-0.1, -0.05) is 42.5 Å². The Kier molecular flexibility index (Phi) is 7.48. The summed E-state index contributed by atoms with van der Waals surface area (Å²) in [5, 5.41) is 0. The second-order valence-electron chi connectivity index (χ2n) is 7.77. The average molecular weight is 715 g/mol. The molecule has 0 N–H and O–H groups in total. The lowest BCUT2D eigenvalue weighted by atomic mass is 10.0. The molecule has 0 aliphatic carbocycles. The van der Waals surface area contributed by atoms with E-state index in [1.54, 1.807) is 0 Å². The van der Waals surface area contributed by atoms with Crippen molar-refractivity contribution in [3.8, 4) is 22.3 Å². The molecule has 0 bridgehead atoms. The first-order valence-electron chi connectivity index (χ1n) is 10.7. The Balaban J connectivity index is 1.52. The van der Waals surface area contributed by atoms with Crippen LogP contribution in [0.2, 0.25) is 0 Å². The van der Waals surface area contributed by atoms with Gasteiger partial charge in [-0.25, -0.2) is 9.97 Å². The Bertz CT molecular complexity index is 1340. The Labute approximate surface area is 237 Å². The predicted octanol–water partition coefficient (Wildman–Crippen LogP) is 10.3. The van der Waals surface area contributed by atoms with Crippen molar-refractivity contribution in [2.45, 2.75) is 0 Å². The smallest absolute Gasteiger partial charge is 0.108 e. The third-order valence-electron chi connectivity index (χ3n) is 5.46. The van der Waals surface area contributed by atoms with Gasteiger partial charge in [0, 0.05) is 17.1 Å². The third kappa shape index (κ3) is 5.75. The molecule has 2 aromatic heterocycles. The van der Waals surface area contributed by atoms with Crippen molar-refractivity contribution in [2.75, 3.05) is 4.90 Å². The summed E-state index contributed by atoms with van der Waals surface area (Å²) in [7, 11) is 0. The van der Waals surface area contributed by atoms with E-state index in [-0.39, 0.29) is 0 Å². The van der Waals surface area contributed by atoms with Gasteiger partial charge in [-0.15, -0.1) is 0 Å². The molecule has 172 valence electrons. The van der Waals surface area contributed by atoms with E-state index in [0.717, 1.165) is 57.7 Å². The average Bonchev–Trinajstić information content (AvgIpc) is 2.85. The molecule has 0 atom stereocenters. The van der Waals surface area contributed by atoms with Crippen molar-refractivity contribution in [3.63, 3.8) is 0 Å². The highest BCUT2D eigenvalue weighted by molar-refractivity contribution is 9.11. The minimum atomic E-state index is 0.796. The molecule has 0 aliphatic rings. The van der Waals surface area contributed by atoms with Crippen molar-refractivity contribution in [1.29, 1.82) is 0 Å². The molecule has 0 aliphatic heterocycles. The summed E-state index contributed by atoms with van der Waals surface area (Å²) in [5.41, 5.74) is 7.68. The molecule has 3 aromatic carbocycles. The van der Waals surface area contributed by atoms with Crippen LogP contribution in [0.5, 0.6) is 0 Å². The second-order valence-corrected chi connectivity index (χ2v) is 11.0. The van der Waals surface area contributed by atoms with E-state index < -0.39 is 0 Å². The van der Waals surface area contributed by atoms with Gasteiger partial charge < -0.3 is 4.90 Å². The van der Waals surface area contributed by atoms with E-state index in [2.05, 4.69) is 151 Å². The zero-order valence-corrected chi connectivity index (χ0v) is 24.5. The fraction of sp³-hybridized carbons (Fsp3) is 0. The molecule has 0 spiro atoms. The van der Waals surface area contributed by atoms with Crippen LogP contribution in [0, 0.1) is 0 Å². The van der Waals surface area contributed by atoms with Gasteiger partial charge >= 0.3 is 0 Å². The summed E-state index contributed by atoms with van der Waals surface area (Å²) < 4.78 is 3.19. The van der Waals surface area contributed by atoms with Gasteiger partial charge in [0.05, 0.1) is 0 Å². The van der Waals surface area contributed by atoms with Crippen LogP contribution in [0.4, 0.5) is 17.1 Å². The molecule has 5 rings (SSSR count). The molecule has 0 unspecified atom stereocenters. The topological polar surface area (TPSA) is 29.0 Å².